The van der Waals surface area contributed by atoms with Gasteiger partial charge in [-0.1, -0.05) is 13.3 Å². The second-order valence-corrected chi connectivity index (χ2v) is 8.90. The van der Waals surface area contributed by atoms with Gasteiger partial charge in [0.05, 0.1) is 6.26 Å². The summed E-state index contributed by atoms with van der Waals surface area (Å²) in [5.74, 6) is 3.54. The zero-order chi connectivity index (χ0) is 19.8. The molecule has 8 nitrogen and oxygen atoms in total. The van der Waals surface area contributed by atoms with Gasteiger partial charge in [0.2, 0.25) is 5.82 Å². The molecule has 2 aromatic heterocycles. The first-order valence-corrected chi connectivity index (χ1v) is 11.4. The van der Waals surface area contributed by atoms with Gasteiger partial charge in [0.15, 0.2) is 11.7 Å². The van der Waals surface area contributed by atoms with Crippen LogP contribution in [0.1, 0.15) is 45.4 Å². The van der Waals surface area contributed by atoms with E-state index in [4.69, 9.17) is 4.42 Å². The number of hydrogen-bond acceptors (Lipinski definition) is 5. The molecule has 9 heteroatoms. The van der Waals surface area contributed by atoms with Crippen LogP contribution in [-0.4, -0.2) is 55.5 Å². The fourth-order valence-corrected chi connectivity index (χ4v) is 4.81. The molecule has 0 spiro atoms. The van der Waals surface area contributed by atoms with E-state index in [1.807, 2.05) is 19.1 Å². The van der Waals surface area contributed by atoms with Crippen LogP contribution < -0.4 is 10.6 Å². The molecule has 0 bridgehead atoms. The number of H-pyrrole nitrogens is 1. The van der Waals surface area contributed by atoms with E-state index in [1.54, 1.807) is 6.26 Å². The van der Waals surface area contributed by atoms with Crippen molar-refractivity contribution in [1.82, 2.24) is 25.8 Å². The van der Waals surface area contributed by atoms with E-state index in [1.165, 1.54) is 0 Å². The summed E-state index contributed by atoms with van der Waals surface area (Å²) in [5.41, 5.74) is 0. The Morgan fingerprint density at radius 3 is 3.07 bits per heavy atom. The molecule has 0 saturated heterocycles. The summed E-state index contributed by atoms with van der Waals surface area (Å²) in [5, 5.41) is 14.2. The topological polar surface area (TPSA) is 108 Å². The predicted octanol–water partition coefficient (Wildman–Crippen LogP) is 2.24. The maximum absolute atomic E-state index is 12.2. The van der Waals surface area contributed by atoms with Crippen LogP contribution in [0, 0.1) is 0 Å². The largest absolute Gasteiger partial charge is 0.461 e. The molecule has 0 amide bonds. The number of nitrogens with zero attached hydrogens (tertiary/aromatic N) is 3. The minimum absolute atomic E-state index is 0.299. The standard InChI is InChI=1S/C19H30N6O2S/c1-3-20-19(22-14-7-5-8-15(13-14)28(26)4-2)21-11-10-17-23-18(25-24-17)16-9-6-12-27-16/h6,9,12,14-15H,3-5,7-8,10-11,13H2,1-2H3,(H2,20,21,22)(H,23,24,25). The molecule has 154 valence electrons. The number of aromatic amines is 1. The average Bonchev–Trinajstić information content (AvgIpc) is 3.39. The number of furan rings is 1. The van der Waals surface area contributed by atoms with Crippen LogP contribution in [0.3, 0.4) is 0 Å². The average molecular weight is 407 g/mol. The number of hydrogen-bond donors (Lipinski definition) is 3. The minimum atomic E-state index is -0.721. The highest BCUT2D eigenvalue weighted by atomic mass is 32.2. The van der Waals surface area contributed by atoms with Crippen molar-refractivity contribution in [2.45, 2.75) is 57.2 Å². The van der Waals surface area contributed by atoms with Gasteiger partial charge in [0.1, 0.15) is 5.82 Å². The van der Waals surface area contributed by atoms with Crippen LogP contribution in [0.4, 0.5) is 0 Å². The molecule has 0 aromatic carbocycles. The molecule has 1 aliphatic carbocycles. The molecule has 28 heavy (non-hydrogen) atoms. The predicted molar refractivity (Wildman–Crippen MR) is 112 cm³/mol. The van der Waals surface area contributed by atoms with Gasteiger partial charge in [0.25, 0.3) is 0 Å². The lowest BCUT2D eigenvalue weighted by Crippen LogP contribution is -2.46. The van der Waals surface area contributed by atoms with Gasteiger partial charge >= 0.3 is 0 Å². The van der Waals surface area contributed by atoms with Crippen molar-refractivity contribution >= 4 is 16.8 Å². The van der Waals surface area contributed by atoms with E-state index in [0.717, 1.165) is 49.8 Å². The van der Waals surface area contributed by atoms with Gasteiger partial charge in [-0.2, -0.15) is 5.10 Å². The van der Waals surface area contributed by atoms with Gasteiger partial charge in [-0.25, -0.2) is 4.98 Å². The van der Waals surface area contributed by atoms with Crippen molar-refractivity contribution < 1.29 is 8.63 Å². The molecular formula is C19H30N6O2S. The molecule has 0 radical (unpaired) electrons. The van der Waals surface area contributed by atoms with E-state index in [2.05, 4.69) is 37.7 Å². The van der Waals surface area contributed by atoms with Crippen molar-refractivity contribution in [3.8, 4) is 11.6 Å². The third-order valence-corrected chi connectivity index (χ3v) is 6.60. The highest BCUT2D eigenvalue weighted by Crippen LogP contribution is 2.23. The summed E-state index contributed by atoms with van der Waals surface area (Å²) in [4.78, 5) is 9.12. The summed E-state index contributed by atoms with van der Waals surface area (Å²) < 4.78 is 17.5. The number of nitrogens with one attached hydrogen (secondary N) is 3. The molecule has 1 aliphatic rings. The lowest BCUT2D eigenvalue weighted by Gasteiger charge is -2.30. The van der Waals surface area contributed by atoms with Crippen LogP contribution in [0.2, 0.25) is 0 Å². The Hall–Kier alpha value is -2.16. The van der Waals surface area contributed by atoms with Crippen molar-refractivity contribution in [2.75, 3.05) is 18.8 Å². The van der Waals surface area contributed by atoms with Crippen LogP contribution >= 0.6 is 0 Å². The lowest BCUT2D eigenvalue weighted by atomic mass is 9.95. The third-order valence-electron chi connectivity index (χ3n) is 4.86. The molecule has 3 rings (SSSR count). The summed E-state index contributed by atoms with van der Waals surface area (Å²) in [6.07, 6.45) is 6.49. The van der Waals surface area contributed by atoms with Gasteiger partial charge in [-0.15, -0.1) is 0 Å². The third kappa shape index (κ3) is 5.67. The fourth-order valence-electron chi connectivity index (χ4n) is 3.46. The number of guanidine groups is 1. The smallest absolute Gasteiger partial charge is 0.216 e. The summed E-state index contributed by atoms with van der Waals surface area (Å²) in [7, 11) is -0.721. The first-order valence-electron chi connectivity index (χ1n) is 10.1. The maximum atomic E-state index is 12.2. The van der Waals surface area contributed by atoms with E-state index >= 15 is 0 Å². The Morgan fingerprint density at radius 2 is 2.32 bits per heavy atom. The first-order chi connectivity index (χ1) is 13.7. The van der Waals surface area contributed by atoms with Crippen molar-refractivity contribution in [3.05, 3.63) is 24.2 Å². The Kier molecular flexibility index (Phi) is 7.64. The zero-order valence-electron chi connectivity index (χ0n) is 16.6. The molecule has 1 saturated carbocycles. The monoisotopic (exact) mass is 406 g/mol. The molecule has 3 unspecified atom stereocenters. The van der Waals surface area contributed by atoms with E-state index < -0.39 is 10.8 Å². The van der Waals surface area contributed by atoms with Crippen LogP contribution in [0.5, 0.6) is 0 Å². The van der Waals surface area contributed by atoms with Crippen molar-refractivity contribution in [2.24, 2.45) is 4.99 Å². The van der Waals surface area contributed by atoms with Gasteiger partial charge in [0, 0.05) is 47.4 Å². The SMILES string of the molecule is CCNC(=NCCc1nc(-c2ccco2)n[nH]1)NC1CCCC(S(=O)CC)C1. The zero-order valence-corrected chi connectivity index (χ0v) is 17.4. The maximum Gasteiger partial charge on any atom is 0.216 e. The molecular weight excluding hydrogens is 376 g/mol. The number of aromatic nitrogens is 3. The Morgan fingerprint density at radius 1 is 1.43 bits per heavy atom. The van der Waals surface area contributed by atoms with Crippen LogP contribution in [0.15, 0.2) is 27.8 Å². The Balaban J connectivity index is 1.53. The van der Waals surface area contributed by atoms with Crippen molar-refractivity contribution in [3.63, 3.8) is 0 Å². The second kappa shape index (κ2) is 10.4. The van der Waals surface area contributed by atoms with Gasteiger partial charge < -0.3 is 15.1 Å². The number of aliphatic imine (C=N–C) groups is 1. The number of rotatable bonds is 8. The second-order valence-electron chi connectivity index (χ2n) is 6.89. The van der Waals surface area contributed by atoms with Gasteiger partial charge in [-0.3, -0.25) is 14.3 Å². The Labute approximate surface area is 168 Å². The first kappa shape index (κ1) is 20.6. The molecule has 2 heterocycles. The summed E-state index contributed by atoms with van der Waals surface area (Å²) >= 11 is 0. The minimum Gasteiger partial charge on any atom is -0.461 e. The van der Waals surface area contributed by atoms with E-state index in [9.17, 15) is 4.21 Å². The van der Waals surface area contributed by atoms with Crippen LogP contribution in [-0.2, 0) is 17.2 Å². The molecule has 3 N–H and O–H groups in total. The molecule has 2 aromatic rings. The van der Waals surface area contributed by atoms with Crippen molar-refractivity contribution in [1.29, 1.82) is 0 Å². The summed E-state index contributed by atoms with van der Waals surface area (Å²) in [6, 6.07) is 3.97. The lowest BCUT2D eigenvalue weighted by molar-refractivity contribution is 0.413. The molecule has 0 aliphatic heterocycles. The molecule has 3 atom stereocenters. The van der Waals surface area contributed by atoms with E-state index in [0.29, 0.717) is 35.8 Å². The van der Waals surface area contributed by atoms with Gasteiger partial charge in [-0.05, 0) is 38.3 Å². The summed E-state index contributed by atoms with van der Waals surface area (Å²) in [6.45, 7) is 5.45. The van der Waals surface area contributed by atoms with E-state index in [-0.39, 0.29) is 0 Å². The normalized spacial score (nSPS) is 21.4. The highest BCUT2D eigenvalue weighted by molar-refractivity contribution is 7.85. The highest BCUT2D eigenvalue weighted by Gasteiger charge is 2.26. The Bertz CT molecular complexity index is 773. The van der Waals surface area contributed by atoms with Crippen LogP contribution in [0.25, 0.3) is 11.6 Å². The quantitative estimate of drug-likeness (QED) is 0.458. The fraction of sp³-hybridized carbons (Fsp3) is 0.632. The molecule has 1 fully saturated rings.